The monoisotopic (exact) mass is 214 g/mol. The molecule has 0 radical (unpaired) electrons. The van der Waals surface area contributed by atoms with Crippen molar-refractivity contribution in [3.05, 3.63) is 53.9 Å². The van der Waals surface area contributed by atoms with Crippen LogP contribution in [0, 0.1) is 6.92 Å². The lowest BCUT2D eigenvalue weighted by molar-refractivity contribution is 0.470. The van der Waals surface area contributed by atoms with Crippen LogP contribution in [0.5, 0.6) is 11.5 Å². The maximum Gasteiger partial charge on any atom is 0.145 e. The van der Waals surface area contributed by atoms with Crippen molar-refractivity contribution in [2.24, 2.45) is 5.73 Å². The lowest BCUT2D eigenvalue weighted by Gasteiger charge is -2.12. The number of para-hydroxylation sites is 1. The molecule has 82 valence electrons. The number of rotatable bonds is 3. The van der Waals surface area contributed by atoms with Crippen LogP contribution in [0.2, 0.25) is 0 Å². The highest BCUT2D eigenvalue weighted by Gasteiger charge is 2.06. The maximum atomic E-state index is 5.79. The first-order valence-electron chi connectivity index (χ1n) is 5.17. The molecule has 0 atom stereocenters. The van der Waals surface area contributed by atoms with E-state index in [4.69, 9.17) is 10.5 Å². The Kier molecular flexibility index (Phi) is 3.17. The highest BCUT2D eigenvalue weighted by Crippen LogP contribution is 2.28. The summed E-state index contributed by atoms with van der Waals surface area (Å²) in [5.41, 5.74) is 7.76. The Morgan fingerprint density at radius 1 is 1.25 bits per heavy atom. The number of nitrogens with zero attached hydrogens (tertiary/aromatic N) is 1. The number of hydrogen-bond donors (Lipinski definition) is 1. The van der Waals surface area contributed by atoms with Crippen molar-refractivity contribution >= 4 is 0 Å². The third kappa shape index (κ3) is 2.20. The Morgan fingerprint density at radius 3 is 2.81 bits per heavy atom. The SMILES string of the molecule is Cc1cccc(CN)c1Oc1cccnc1. The summed E-state index contributed by atoms with van der Waals surface area (Å²) >= 11 is 0. The molecular weight excluding hydrogens is 200 g/mol. The molecule has 2 aromatic rings. The zero-order chi connectivity index (χ0) is 11.4. The van der Waals surface area contributed by atoms with E-state index >= 15 is 0 Å². The minimum absolute atomic E-state index is 0.470. The molecular formula is C13H14N2O. The van der Waals surface area contributed by atoms with E-state index in [1.807, 2.05) is 37.3 Å². The van der Waals surface area contributed by atoms with Crippen LogP contribution in [0.1, 0.15) is 11.1 Å². The first kappa shape index (κ1) is 10.6. The summed E-state index contributed by atoms with van der Waals surface area (Å²) in [5.74, 6) is 1.56. The average Bonchev–Trinajstić information content (AvgIpc) is 2.33. The third-order valence-electron chi connectivity index (χ3n) is 2.37. The van der Waals surface area contributed by atoms with E-state index in [0.29, 0.717) is 6.54 Å². The summed E-state index contributed by atoms with van der Waals surface area (Å²) < 4.78 is 5.79. The summed E-state index contributed by atoms with van der Waals surface area (Å²) in [6, 6.07) is 9.67. The highest BCUT2D eigenvalue weighted by molar-refractivity contribution is 5.43. The van der Waals surface area contributed by atoms with Gasteiger partial charge in [-0.2, -0.15) is 0 Å². The molecule has 3 heteroatoms. The molecule has 1 heterocycles. The Labute approximate surface area is 94.9 Å². The van der Waals surface area contributed by atoms with E-state index < -0.39 is 0 Å². The standard InChI is InChI=1S/C13H14N2O/c1-10-4-2-5-11(8-14)13(10)16-12-6-3-7-15-9-12/h2-7,9H,8,14H2,1H3. The molecule has 3 nitrogen and oxygen atoms in total. The van der Waals surface area contributed by atoms with Crippen molar-refractivity contribution in [3.63, 3.8) is 0 Å². The number of nitrogens with two attached hydrogens (primary N) is 1. The zero-order valence-corrected chi connectivity index (χ0v) is 9.18. The van der Waals surface area contributed by atoms with Crippen molar-refractivity contribution < 1.29 is 4.74 Å². The summed E-state index contributed by atoms with van der Waals surface area (Å²) in [5, 5.41) is 0. The molecule has 1 aromatic heterocycles. The van der Waals surface area contributed by atoms with Crippen LogP contribution in [-0.4, -0.2) is 4.98 Å². The fraction of sp³-hybridized carbons (Fsp3) is 0.154. The second kappa shape index (κ2) is 4.77. The second-order valence-corrected chi connectivity index (χ2v) is 3.56. The lowest BCUT2D eigenvalue weighted by atomic mass is 10.1. The van der Waals surface area contributed by atoms with Gasteiger partial charge in [0.05, 0.1) is 6.20 Å². The molecule has 16 heavy (non-hydrogen) atoms. The second-order valence-electron chi connectivity index (χ2n) is 3.56. The van der Waals surface area contributed by atoms with E-state index in [2.05, 4.69) is 4.98 Å². The van der Waals surface area contributed by atoms with Crippen LogP contribution in [-0.2, 0) is 6.54 Å². The van der Waals surface area contributed by atoms with E-state index in [1.54, 1.807) is 12.4 Å². The smallest absolute Gasteiger partial charge is 0.145 e. The van der Waals surface area contributed by atoms with Crippen molar-refractivity contribution in [2.75, 3.05) is 0 Å². The summed E-state index contributed by atoms with van der Waals surface area (Å²) in [6.45, 7) is 2.47. The first-order valence-corrected chi connectivity index (χ1v) is 5.17. The molecule has 0 aliphatic carbocycles. The van der Waals surface area contributed by atoms with Gasteiger partial charge < -0.3 is 10.5 Å². The number of ether oxygens (including phenoxy) is 1. The lowest BCUT2D eigenvalue weighted by Crippen LogP contribution is -2.00. The van der Waals surface area contributed by atoms with Gasteiger partial charge in [0.25, 0.3) is 0 Å². The number of benzene rings is 1. The van der Waals surface area contributed by atoms with Crippen molar-refractivity contribution in [1.82, 2.24) is 4.98 Å². The first-order chi connectivity index (χ1) is 7.81. The van der Waals surface area contributed by atoms with Crippen LogP contribution in [0.3, 0.4) is 0 Å². The van der Waals surface area contributed by atoms with Gasteiger partial charge in [0, 0.05) is 18.3 Å². The molecule has 0 aliphatic heterocycles. The van der Waals surface area contributed by atoms with Crippen LogP contribution in [0.25, 0.3) is 0 Å². The van der Waals surface area contributed by atoms with Gasteiger partial charge in [-0.05, 0) is 24.6 Å². The maximum absolute atomic E-state index is 5.79. The summed E-state index contributed by atoms with van der Waals surface area (Å²) in [7, 11) is 0. The minimum atomic E-state index is 0.470. The van der Waals surface area contributed by atoms with Gasteiger partial charge in [-0.3, -0.25) is 4.98 Å². The summed E-state index contributed by atoms with van der Waals surface area (Å²) in [4.78, 5) is 4.01. The quantitative estimate of drug-likeness (QED) is 0.854. The fourth-order valence-electron chi connectivity index (χ4n) is 1.55. The van der Waals surface area contributed by atoms with Crippen LogP contribution < -0.4 is 10.5 Å². The van der Waals surface area contributed by atoms with E-state index in [1.165, 1.54) is 0 Å². The third-order valence-corrected chi connectivity index (χ3v) is 2.37. The summed E-state index contributed by atoms with van der Waals surface area (Å²) in [6.07, 6.45) is 3.40. The van der Waals surface area contributed by atoms with Gasteiger partial charge in [0.15, 0.2) is 0 Å². The predicted octanol–water partition coefficient (Wildman–Crippen LogP) is 2.64. The van der Waals surface area contributed by atoms with E-state index in [0.717, 1.165) is 22.6 Å². The van der Waals surface area contributed by atoms with Crippen LogP contribution in [0.4, 0.5) is 0 Å². The highest BCUT2D eigenvalue weighted by atomic mass is 16.5. The molecule has 0 aliphatic rings. The Bertz CT molecular complexity index is 469. The largest absolute Gasteiger partial charge is 0.455 e. The molecule has 0 fully saturated rings. The molecule has 1 aromatic carbocycles. The van der Waals surface area contributed by atoms with E-state index in [9.17, 15) is 0 Å². The number of aromatic nitrogens is 1. The van der Waals surface area contributed by atoms with Crippen LogP contribution >= 0.6 is 0 Å². The number of aryl methyl sites for hydroxylation is 1. The number of pyridine rings is 1. The fourth-order valence-corrected chi connectivity index (χ4v) is 1.55. The van der Waals surface area contributed by atoms with Gasteiger partial charge in [-0.15, -0.1) is 0 Å². The molecule has 2 N–H and O–H groups in total. The van der Waals surface area contributed by atoms with Crippen molar-refractivity contribution in [2.45, 2.75) is 13.5 Å². The van der Waals surface area contributed by atoms with Gasteiger partial charge in [-0.1, -0.05) is 18.2 Å². The molecule has 0 unspecified atom stereocenters. The normalized spacial score (nSPS) is 10.1. The van der Waals surface area contributed by atoms with Crippen molar-refractivity contribution in [3.8, 4) is 11.5 Å². The van der Waals surface area contributed by atoms with Gasteiger partial charge in [0.1, 0.15) is 11.5 Å². The average molecular weight is 214 g/mol. The van der Waals surface area contributed by atoms with Crippen molar-refractivity contribution in [1.29, 1.82) is 0 Å². The Hall–Kier alpha value is -1.87. The Morgan fingerprint density at radius 2 is 2.12 bits per heavy atom. The molecule has 0 saturated carbocycles. The molecule has 0 bridgehead atoms. The van der Waals surface area contributed by atoms with Gasteiger partial charge >= 0.3 is 0 Å². The molecule has 0 amide bonds. The number of hydrogen-bond acceptors (Lipinski definition) is 3. The van der Waals surface area contributed by atoms with Gasteiger partial charge in [0.2, 0.25) is 0 Å². The van der Waals surface area contributed by atoms with Gasteiger partial charge in [-0.25, -0.2) is 0 Å². The topological polar surface area (TPSA) is 48.1 Å². The zero-order valence-electron chi connectivity index (χ0n) is 9.18. The molecule has 2 rings (SSSR count). The van der Waals surface area contributed by atoms with E-state index in [-0.39, 0.29) is 0 Å². The Balaban J connectivity index is 2.34. The molecule has 0 saturated heterocycles. The predicted molar refractivity (Wildman–Crippen MR) is 63.4 cm³/mol. The minimum Gasteiger partial charge on any atom is -0.455 e. The van der Waals surface area contributed by atoms with Crippen LogP contribution in [0.15, 0.2) is 42.7 Å². The molecule has 0 spiro atoms.